The number of benzene rings is 2. The third kappa shape index (κ3) is 4.88. The van der Waals surface area contributed by atoms with Crippen LogP contribution in [0.5, 0.6) is 0 Å². The predicted octanol–water partition coefficient (Wildman–Crippen LogP) is 2.92. The van der Waals surface area contributed by atoms with Crippen molar-refractivity contribution >= 4 is 23.6 Å². The Morgan fingerprint density at radius 1 is 1.00 bits per heavy atom. The summed E-state index contributed by atoms with van der Waals surface area (Å²) in [5, 5.41) is 2.77. The van der Waals surface area contributed by atoms with Crippen LogP contribution in [0.2, 0.25) is 0 Å². The van der Waals surface area contributed by atoms with Crippen LogP contribution in [-0.2, 0) is 16.1 Å². The molecule has 1 aliphatic heterocycles. The molecule has 1 N–H and O–H groups in total. The molecule has 2 aromatic rings. The number of hydrogen-bond acceptors (Lipinski definition) is 4. The minimum absolute atomic E-state index is 0.128. The fourth-order valence-electron chi connectivity index (χ4n) is 3.85. The van der Waals surface area contributed by atoms with E-state index < -0.39 is 6.04 Å². The Labute approximate surface area is 188 Å². The average molecular weight is 436 g/mol. The second-order valence-corrected chi connectivity index (χ2v) is 7.93. The maximum absolute atomic E-state index is 13.1. The van der Waals surface area contributed by atoms with Crippen molar-refractivity contribution in [3.05, 3.63) is 70.8 Å². The van der Waals surface area contributed by atoms with Crippen molar-refractivity contribution in [3.63, 3.8) is 0 Å². The molecule has 32 heavy (non-hydrogen) atoms. The number of rotatable bonds is 9. The van der Waals surface area contributed by atoms with E-state index in [2.05, 4.69) is 5.32 Å². The van der Waals surface area contributed by atoms with E-state index in [0.717, 1.165) is 11.1 Å². The number of aryl methyl sites for hydroxylation is 1. The van der Waals surface area contributed by atoms with Crippen molar-refractivity contribution in [2.75, 3.05) is 13.1 Å². The van der Waals surface area contributed by atoms with Crippen LogP contribution in [0.25, 0.3) is 0 Å². The summed E-state index contributed by atoms with van der Waals surface area (Å²) in [6.07, 6.45) is 0.458. The molecule has 3 rings (SSSR count). The Balaban J connectivity index is 1.67. The lowest BCUT2D eigenvalue weighted by atomic mass is 10.1. The number of imide groups is 1. The first-order chi connectivity index (χ1) is 15.3. The van der Waals surface area contributed by atoms with Gasteiger partial charge in [0.1, 0.15) is 6.04 Å². The second kappa shape index (κ2) is 10.2. The van der Waals surface area contributed by atoms with Crippen molar-refractivity contribution in [2.24, 2.45) is 0 Å². The van der Waals surface area contributed by atoms with Gasteiger partial charge in [0.05, 0.1) is 11.1 Å². The van der Waals surface area contributed by atoms with Gasteiger partial charge in [-0.25, -0.2) is 0 Å². The van der Waals surface area contributed by atoms with Gasteiger partial charge in [0.15, 0.2) is 0 Å². The summed E-state index contributed by atoms with van der Waals surface area (Å²) < 4.78 is 0. The average Bonchev–Trinajstić information content (AvgIpc) is 3.03. The molecule has 0 aromatic heterocycles. The number of hydrogen-bond donors (Lipinski definition) is 1. The summed E-state index contributed by atoms with van der Waals surface area (Å²) in [5.41, 5.74) is 2.81. The Morgan fingerprint density at radius 3 is 2.19 bits per heavy atom. The van der Waals surface area contributed by atoms with Gasteiger partial charge in [0.2, 0.25) is 11.8 Å². The lowest BCUT2D eigenvalue weighted by Crippen LogP contribution is -2.47. The fourth-order valence-corrected chi connectivity index (χ4v) is 3.85. The highest BCUT2D eigenvalue weighted by Crippen LogP contribution is 2.23. The molecule has 1 atom stereocenters. The van der Waals surface area contributed by atoms with Gasteiger partial charge in [-0.3, -0.25) is 24.1 Å². The Hall–Kier alpha value is -3.48. The molecule has 1 aliphatic rings. The molecule has 0 aliphatic carbocycles. The SMILES string of the molecule is CCNC(=O)[C@H](C)N(Cc1ccccc1C)C(=O)CCCN1C(=O)c2ccccc2C1=O. The molecule has 0 unspecified atom stereocenters. The lowest BCUT2D eigenvalue weighted by Gasteiger charge is -2.29. The highest BCUT2D eigenvalue weighted by atomic mass is 16.2. The van der Waals surface area contributed by atoms with Crippen LogP contribution in [0.4, 0.5) is 0 Å². The molecule has 0 saturated carbocycles. The Kier molecular flexibility index (Phi) is 7.41. The van der Waals surface area contributed by atoms with Crippen LogP contribution >= 0.6 is 0 Å². The monoisotopic (exact) mass is 435 g/mol. The van der Waals surface area contributed by atoms with E-state index >= 15 is 0 Å². The maximum Gasteiger partial charge on any atom is 0.261 e. The second-order valence-electron chi connectivity index (χ2n) is 7.93. The number of nitrogens with one attached hydrogen (secondary N) is 1. The summed E-state index contributed by atoms with van der Waals surface area (Å²) in [6.45, 7) is 6.47. The summed E-state index contributed by atoms with van der Waals surface area (Å²) in [5.74, 6) is -1.06. The molecule has 1 heterocycles. The summed E-state index contributed by atoms with van der Waals surface area (Å²) >= 11 is 0. The zero-order valence-corrected chi connectivity index (χ0v) is 18.8. The minimum Gasteiger partial charge on any atom is -0.355 e. The molecule has 0 bridgehead atoms. The first kappa shape index (κ1) is 23.2. The molecular weight excluding hydrogens is 406 g/mol. The van der Waals surface area contributed by atoms with Crippen LogP contribution in [0.3, 0.4) is 0 Å². The zero-order chi connectivity index (χ0) is 23.3. The quantitative estimate of drug-likeness (QED) is 0.614. The summed E-state index contributed by atoms with van der Waals surface area (Å²) in [6, 6.07) is 13.8. The molecule has 2 aromatic carbocycles. The van der Waals surface area contributed by atoms with Crippen LogP contribution in [0.1, 0.15) is 58.5 Å². The van der Waals surface area contributed by atoms with Gasteiger partial charge in [-0.05, 0) is 50.5 Å². The molecule has 168 valence electrons. The van der Waals surface area contributed by atoms with Crippen LogP contribution < -0.4 is 5.32 Å². The molecule has 0 radical (unpaired) electrons. The number of nitrogens with zero attached hydrogens (tertiary/aromatic N) is 2. The van der Waals surface area contributed by atoms with Crippen molar-refractivity contribution in [3.8, 4) is 0 Å². The molecule has 0 fully saturated rings. The van der Waals surface area contributed by atoms with Gasteiger partial charge in [-0.15, -0.1) is 0 Å². The smallest absolute Gasteiger partial charge is 0.261 e. The van der Waals surface area contributed by atoms with Gasteiger partial charge in [-0.1, -0.05) is 36.4 Å². The van der Waals surface area contributed by atoms with E-state index in [-0.39, 0.29) is 36.6 Å². The summed E-state index contributed by atoms with van der Waals surface area (Å²) in [4.78, 5) is 53.4. The van der Waals surface area contributed by atoms with Crippen molar-refractivity contribution in [1.29, 1.82) is 0 Å². The van der Waals surface area contributed by atoms with Crippen molar-refractivity contribution in [2.45, 2.75) is 46.2 Å². The third-order valence-electron chi connectivity index (χ3n) is 5.77. The molecule has 4 amide bonds. The number of carbonyl (C=O) groups excluding carboxylic acids is 4. The van der Waals surface area contributed by atoms with E-state index in [1.165, 1.54) is 4.90 Å². The highest BCUT2D eigenvalue weighted by molar-refractivity contribution is 6.21. The van der Waals surface area contributed by atoms with Gasteiger partial charge in [0, 0.05) is 26.1 Å². The number of amides is 4. The Morgan fingerprint density at radius 2 is 1.59 bits per heavy atom. The standard InChI is InChI=1S/C25H29N3O4/c1-4-26-23(30)18(3)28(16-19-11-6-5-10-17(19)2)22(29)14-9-15-27-24(31)20-12-7-8-13-21(20)25(27)32/h5-8,10-13,18H,4,9,14-16H2,1-3H3,(H,26,30)/t18-/m0/s1. The van der Waals surface area contributed by atoms with Crippen LogP contribution in [-0.4, -0.2) is 52.6 Å². The Bertz CT molecular complexity index is 998. The third-order valence-corrected chi connectivity index (χ3v) is 5.77. The number of carbonyl (C=O) groups is 4. The van der Waals surface area contributed by atoms with Crippen LogP contribution in [0.15, 0.2) is 48.5 Å². The highest BCUT2D eigenvalue weighted by Gasteiger charge is 2.35. The lowest BCUT2D eigenvalue weighted by molar-refractivity contribution is -0.140. The van der Waals surface area contributed by atoms with Gasteiger partial charge in [-0.2, -0.15) is 0 Å². The van der Waals surface area contributed by atoms with Gasteiger partial charge in [0.25, 0.3) is 11.8 Å². The van der Waals surface area contributed by atoms with Crippen molar-refractivity contribution < 1.29 is 19.2 Å². The predicted molar refractivity (Wildman–Crippen MR) is 121 cm³/mol. The van der Waals surface area contributed by atoms with Gasteiger partial charge < -0.3 is 10.2 Å². The number of likely N-dealkylation sites (N-methyl/N-ethyl adjacent to an activating group) is 1. The largest absolute Gasteiger partial charge is 0.355 e. The number of fused-ring (bicyclic) bond motifs is 1. The van der Waals surface area contributed by atoms with E-state index in [1.54, 1.807) is 36.1 Å². The zero-order valence-electron chi connectivity index (χ0n) is 18.8. The first-order valence-corrected chi connectivity index (χ1v) is 10.9. The molecule has 7 heteroatoms. The molecule has 0 spiro atoms. The van der Waals surface area contributed by atoms with E-state index in [9.17, 15) is 19.2 Å². The minimum atomic E-state index is -0.638. The van der Waals surface area contributed by atoms with Crippen molar-refractivity contribution in [1.82, 2.24) is 15.1 Å². The maximum atomic E-state index is 13.1. The fraction of sp³-hybridized carbons (Fsp3) is 0.360. The molecule has 7 nitrogen and oxygen atoms in total. The van der Waals surface area contributed by atoms with Crippen LogP contribution in [0, 0.1) is 6.92 Å². The normalized spacial score (nSPS) is 13.7. The first-order valence-electron chi connectivity index (χ1n) is 10.9. The molecule has 0 saturated heterocycles. The van der Waals surface area contributed by atoms with E-state index in [1.807, 2.05) is 38.1 Å². The van der Waals surface area contributed by atoms with E-state index in [0.29, 0.717) is 30.6 Å². The van der Waals surface area contributed by atoms with Gasteiger partial charge >= 0.3 is 0 Å². The topological polar surface area (TPSA) is 86.8 Å². The van der Waals surface area contributed by atoms with E-state index in [4.69, 9.17) is 0 Å². The summed E-state index contributed by atoms with van der Waals surface area (Å²) in [7, 11) is 0. The molecular formula is C25H29N3O4.